The summed E-state index contributed by atoms with van der Waals surface area (Å²) in [6, 6.07) is 4.22. The lowest BCUT2D eigenvalue weighted by Crippen LogP contribution is -2.19. The highest BCUT2D eigenvalue weighted by molar-refractivity contribution is 5.79. The molecule has 0 heterocycles. The number of para-hydroxylation sites is 1. The predicted octanol–water partition coefficient (Wildman–Crippen LogP) is 2.05. The number of halogens is 1. The first kappa shape index (κ1) is 11.7. The highest BCUT2D eigenvalue weighted by Crippen LogP contribution is 2.22. The molecule has 0 fully saturated rings. The molecular formula is C11H13FO3. The molecule has 1 atom stereocenters. The zero-order valence-electron chi connectivity index (χ0n) is 8.70. The molecular weight excluding hydrogens is 199 g/mol. The Morgan fingerprint density at radius 3 is 2.87 bits per heavy atom. The minimum Gasteiger partial charge on any atom is -0.484 e. The summed E-state index contributed by atoms with van der Waals surface area (Å²) in [6.45, 7) is 2.08. The lowest BCUT2D eigenvalue weighted by atomic mass is 10.2. The van der Waals surface area contributed by atoms with E-state index in [9.17, 15) is 9.18 Å². The van der Waals surface area contributed by atoms with Crippen molar-refractivity contribution in [2.75, 3.05) is 13.7 Å². The van der Waals surface area contributed by atoms with Crippen molar-refractivity contribution in [3.05, 3.63) is 29.6 Å². The number of benzene rings is 1. The topological polar surface area (TPSA) is 35.5 Å². The van der Waals surface area contributed by atoms with E-state index in [1.54, 1.807) is 6.92 Å². The van der Waals surface area contributed by atoms with Crippen molar-refractivity contribution in [2.45, 2.75) is 13.0 Å². The summed E-state index contributed by atoms with van der Waals surface area (Å²) in [4.78, 5) is 10.6. The van der Waals surface area contributed by atoms with Gasteiger partial charge in [-0.15, -0.1) is 0 Å². The first-order valence-corrected chi connectivity index (χ1v) is 4.58. The average Bonchev–Trinajstić information content (AvgIpc) is 2.21. The largest absolute Gasteiger partial charge is 0.484 e. The van der Waals surface area contributed by atoms with Crippen LogP contribution in [0.15, 0.2) is 18.2 Å². The number of methoxy groups -OCH3 is 1. The number of carbonyl (C=O) groups excluding carboxylic acids is 1. The fraction of sp³-hybridized carbons (Fsp3) is 0.364. The Morgan fingerprint density at radius 1 is 1.53 bits per heavy atom. The fourth-order valence-electron chi connectivity index (χ4n) is 1.21. The van der Waals surface area contributed by atoms with Crippen LogP contribution >= 0.6 is 0 Å². The van der Waals surface area contributed by atoms with Gasteiger partial charge in [-0.05, 0) is 19.1 Å². The second kappa shape index (κ2) is 5.46. The molecule has 3 nitrogen and oxygen atoms in total. The van der Waals surface area contributed by atoms with Crippen molar-refractivity contribution in [3.63, 3.8) is 0 Å². The summed E-state index contributed by atoms with van der Waals surface area (Å²) in [6.07, 6.45) is 0.267. The van der Waals surface area contributed by atoms with Crippen LogP contribution in [0.25, 0.3) is 0 Å². The number of carbonyl (C=O) groups is 1. The molecule has 0 aliphatic heterocycles. The Morgan fingerprint density at radius 2 is 2.27 bits per heavy atom. The number of hydrogen-bond acceptors (Lipinski definition) is 3. The third-order valence-corrected chi connectivity index (χ3v) is 1.84. The van der Waals surface area contributed by atoms with E-state index in [4.69, 9.17) is 9.47 Å². The van der Waals surface area contributed by atoms with Crippen LogP contribution in [0.3, 0.4) is 0 Å². The second-order valence-electron chi connectivity index (χ2n) is 3.16. The molecule has 0 amide bonds. The number of ether oxygens (including phenoxy) is 2. The predicted molar refractivity (Wildman–Crippen MR) is 53.8 cm³/mol. The van der Waals surface area contributed by atoms with Crippen molar-refractivity contribution in [2.24, 2.45) is 0 Å². The smallest absolute Gasteiger partial charge is 0.165 e. The Labute approximate surface area is 87.8 Å². The van der Waals surface area contributed by atoms with Crippen LogP contribution in [-0.4, -0.2) is 26.1 Å². The van der Waals surface area contributed by atoms with Gasteiger partial charge in [-0.3, -0.25) is 4.79 Å². The summed E-state index contributed by atoms with van der Waals surface area (Å²) >= 11 is 0. The second-order valence-corrected chi connectivity index (χ2v) is 3.16. The molecule has 82 valence electrons. The van der Waals surface area contributed by atoms with Gasteiger partial charge in [0.2, 0.25) is 0 Å². The Kier molecular flexibility index (Phi) is 4.24. The molecule has 0 N–H and O–H groups in total. The number of rotatable bonds is 5. The third kappa shape index (κ3) is 3.02. The van der Waals surface area contributed by atoms with Crippen LogP contribution in [0, 0.1) is 5.82 Å². The van der Waals surface area contributed by atoms with E-state index in [1.807, 2.05) is 0 Å². The van der Waals surface area contributed by atoms with E-state index in [0.29, 0.717) is 12.9 Å². The van der Waals surface area contributed by atoms with Crippen LogP contribution in [0.2, 0.25) is 0 Å². The monoisotopic (exact) mass is 212 g/mol. The van der Waals surface area contributed by atoms with Crippen LogP contribution < -0.4 is 4.74 Å². The van der Waals surface area contributed by atoms with Gasteiger partial charge in [0.1, 0.15) is 6.10 Å². The maximum Gasteiger partial charge on any atom is 0.165 e. The van der Waals surface area contributed by atoms with Crippen LogP contribution in [0.4, 0.5) is 4.39 Å². The molecule has 0 radical (unpaired) electrons. The number of aldehydes is 1. The lowest BCUT2D eigenvalue weighted by Gasteiger charge is -2.15. The average molecular weight is 212 g/mol. The Balaban J connectivity index is 2.87. The SMILES string of the molecule is COCC(C)Oc1c(F)cccc1C=O. The zero-order chi connectivity index (χ0) is 11.3. The lowest BCUT2D eigenvalue weighted by molar-refractivity contribution is 0.0877. The van der Waals surface area contributed by atoms with Gasteiger partial charge in [-0.2, -0.15) is 0 Å². The van der Waals surface area contributed by atoms with Crippen LogP contribution in [0.5, 0.6) is 5.75 Å². The highest BCUT2D eigenvalue weighted by atomic mass is 19.1. The quantitative estimate of drug-likeness (QED) is 0.701. The van der Waals surface area contributed by atoms with E-state index in [-0.39, 0.29) is 17.4 Å². The minimum atomic E-state index is -0.539. The molecule has 1 aromatic rings. The number of hydrogen-bond donors (Lipinski definition) is 0. The molecule has 1 rings (SSSR count). The maximum absolute atomic E-state index is 13.3. The minimum absolute atomic E-state index is 0.0166. The first-order chi connectivity index (χ1) is 7.19. The first-order valence-electron chi connectivity index (χ1n) is 4.58. The van der Waals surface area contributed by atoms with Gasteiger partial charge in [0.05, 0.1) is 12.2 Å². The summed E-state index contributed by atoms with van der Waals surface area (Å²) in [5, 5.41) is 0. The summed E-state index contributed by atoms with van der Waals surface area (Å²) in [5.41, 5.74) is 0.206. The van der Waals surface area contributed by atoms with Gasteiger partial charge >= 0.3 is 0 Å². The van der Waals surface area contributed by atoms with Gasteiger partial charge < -0.3 is 9.47 Å². The summed E-state index contributed by atoms with van der Waals surface area (Å²) in [7, 11) is 1.53. The molecule has 0 saturated heterocycles. The molecule has 0 aliphatic rings. The molecule has 0 aliphatic carbocycles. The summed E-state index contributed by atoms with van der Waals surface area (Å²) < 4.78 is 23.4. The van der Waals surface area contributed by atoms with E-state index in [2.05, 4.69) is 0 Å². The van der Waals surface area contributed by atoms with Crippen molar-refractivity contribution in [1.82, 2.24) is 0 Å². The van der Waals surface area contributed by atoms with Gasteiger partial charge in [0.25, 0.3) is 0 Å². The molecule has 0 spiro atoms. The van der Waals surface area contributed by atoms with Gasteiger partial charge in [-0.25, -0.2) is 4.39 Å². The van der Waals surface area contributed by atoms with Crippen molar-refractivity contribution in [3.8, 4) is 5.75 Å². The van der Waals surface area contributed by atoms with Crippen molar-refractivity contribution >= 4 is 6.29 Å². The Hall–Kier alpha value is -1.42. The van der Waals surface area contributed by atoms with E-state index >= 15 is 0 Å². The maximum atomic E-state index is 13.3. The Bertz CT molecular complexity index is 339. The van der Waals surface area contributed by atoms with Gasteiger partial charge in [0.15, 0.2) is 17.9 Å². The molecule has 15 heavy (non-hydrogen) atoms. The standard InChI is InChI=1S/C11H13FO3/c1-8(7-14-2)15-11-9(6-13)4-3-5-10(11)12/h3-6,8H,7H2,1-2H3. The van der Waals surface area contributed by atoms with Crippen molar-refractivity contribution in [1.29, 1.82) is 0 Å². The van der Waals surface area contributed by atoms with Gasteiger partial charge in [0, 0.05) is 7.11 Å². The molecule has 1 aromatic carbocycles. The molecule has 1 unspecified atom stereocenters. The molecule has 0 saturated carbocycles. The van der Waals surface area contributed by atoms with Gasteiger partial charge in [-0.1, -0.05) is 6.07 Å². The molecule has 0 aromatic heterocycles. The third-order valence-electron chi connectivity index (χ3n) is 1.84. The normalized spacial score (nSPS) is 12.2. The van der Waals surface area contributed by atoms with Crippen LogP contribution in [-0.2, 0) is 4.74 Å². The summed E-state index contributed by atoms with van der Waals surface area (Å²) in [5.74, 6) is -0.556. The molecule has 4 heteroatoms. The highest BCUT2D eigenvalue weighted by Gasteiger charge is 2.12. The van der Waals surface area contributed by atoms with E-state index < -0.39 is 5.82 Å². The van der Waals surface area contributed by atoms with E-state index in [0.717, 1.165) is 0 Å². The van der Waals surface area contributed by atoms with Crippen LogP contribution in [0.1, 0.15) is 17.3 Å². The van der Waals surface area contributed by atoms with Crippen molar-refractivity contribution < 1.29 is 18.7 Å². The zero-order valence-corrected chi connectivity index (χ0v) is 8.70. The molecule has 0 bridgehead atoms. The fourth-order valence-corrected chi connectivity index (χ4v) is 1.21. The van der Waals surface area contributed by atoms with E-state index in [1.165, 1.54) is 25.3 Å².